The minimum Gasteiger partial charge on any atom is -0.356 e. The molecule has 0 bridgehead atoms. The number of halogens is 2. The summed E-state index contributed by atoms with van der Waals surface area (Å²) < 4.78 is 26.6. The summed E-state index contributed by atoms with van der Waals surface area (Å²) in [4.78, 5) is 12.1. The maximum Gasteiger partial charge on any atom is 0.223 e. The molecule has 2 fully saturated rings. The van der Waals surface area contributed by atoms with Gasteiger partial charge in [0.15, 0.2) is 0 Å². The van der Waals surface area contributed by atoms with Crippen molar-refractivity contribution in [2.45, 2.75) is 25.2 Å². The minimum atomic E-state index is -0.581. The Balaban J connectivity index is 1.51. The van der Waals surface area contributed by atoms with Crippen LogP contribution in [-0.2, 0) is 4.79 Å². The van der Waals surface area contributed by atoms with E-state index in [9.17, 15) is 13.6 Å². The highest BCUT2D eigenvalue weighted by atomic mass is 19.1. The Morgan fingerprint density at radius 1 is 1.38 bits per heavy atom. The van der Waals surface area contributed by atoms with E-state index in [2.05, 4.69) is 10.6 Å². The van der Waals surface area contributed by atoms with E-state index in [0.29, 0.717) is 24.4 Å². The molecular formula is C16H20F2N2O. The molecule has 0 spiro atoms. The van der Waals surface area contributed by atoms with Crippen LogP contribution in [0.2, 0.25) is 0 Å². The molecule has 1 saturated heterocycles. The molecule has 1 aliphatic heterocycles. The van der Waals surface area contributed by atoms with Crippen molar-refractivity contribution in [2.24, 2.45) is 11.8 Å². The lowest BCUT2D eigenvalue weighted by Crippen LogP contribution is -2.38. The molecule has 2 N–H and O–H groups in total. The van der Waals surface area contributed by atoms with Crippen LogP contribution < -0.4 is 10.6 Å². The van der Waals surface area contributed by atoms with E-state index in [0.717, 1.165) is 32.0 Å². The van der Waals surface area contributed by atoms with E-state index in [1.165, 1.54) is 12.1 Å². The van der Waals surface area contributed by atoms with Crippen LogP contribution in [0, 0.1) is 23.5 Å². The molecule has 1 saturated carbocycles. The van der Waals surface area contributed by atoms with E-state index in [1.807, 2.05) is 0 Å². The quantitative estimate of drug-likeness (QED) is 0.893. The van der Waals surface area contributed by atoms with E-state index < -0.39 is 11.6 Å². The SMILES string of the molecule is O=C(NCC1CCCNC1)C1CC1c1ccc(F)cc1F. The first-order chi connectivity index (χ1) is 10.1. The van der Waals surface area contributed by atoms with Crippen molar-refractivity contribution in [3.05, 3.63) is 35.4 Å². The Morgan fingerprint density at radius 3 is 2.95 bits per heavy atom. The average molecular weight is 294 g/mol. The maximum atomic E-state index is 13.7. The molecule has 3 nitrogen and oxygen atoms in total. The largest absolute Gasteiger partial charge is 0.356 e. The molecule has 1 heterocycles. The number of carbonyl (C=O) groups excluding carboxylic acids is 1. The third-order valence-corrected chi connectivity index (χ3v) is 4.45. The van der Waals surface area contributed by atoms with Gasteiger partial charge in [-0.1, -0.05) is 6.07 Å². The summed E-state index contributed by atoms with van der Waals surface area (Å²) in [6, 6.07) is 3.59. The number of piperidine rings is 1. The van der Waals surface area contributed by atoms with Crippen LogP contribution in [0.3, 0.4) is 0 Å². The van der Waals surface area contributed by atoms with Gasteiger partial charge in [0.1, 0.15) is 11.6 Å². The molecule has 2 aliphatic rings. The fourth-order valence-corrected chi connectivity index (χ4v) is 3.10. The van der Waals surface area contributed by atoms with Crippen LogP contribution in [0.25, 0.3) is 0 Å². The van der Waals surface area contributed by atoms with Crippen LogP contribution in [0.5, 0.6) is 0 Å². The van der Waals surface area contributed by atoms with Gasteiger partial charge in [0.2, 0.25) is 5.91 Å². The van der Waals surface area contributed by atoms with Crippen molar-refractivity contribution < 1.29 is 13.6 Å². The van der Waals surface area contributed by atoms with Crippen molar-refractivity contribution >= 4 is 5.91 Å². The van der Waals surface area contributed by atoms with Gasteiger partial charge in [-0.25, -0.2) is 8.78 Å². The molecule has 1 aliphatic carbocycles. The highest BCUT2D eigenvalue weighted by Crippen LogP contribution is 2.48. The first-order valence-corrected chi connectivity index (χ1v) is 7.58. The second-order valence-electron chi connectivity index (χ2n) is 6.07. The monoisotopic (exact) mass is 294 g/mol. The van der Waals surface area contributed by atoms with Gasteiger partial charge in [-0.15, -0.1) is 0 Å². The zero-order valence-corrected chi connectivity index (χ0v) is 11.9. The predicted octanol–water partition coefficient (Wildman–Crippen LogP) is 2.18. The van der Waals surface area contributed by atoms with E-state index in [-0.39, 0.29) is 17.7 Å². The fraction of sp³-hybridized carbons (Fsp3) is 0.562. The number of amides is 1. The van der Waals surface area contributed by atoms with Crippen molar-refractivity contribution in [3.63, 3.8) is 0 Å². The number of nitrogens with one attached hydrogen (secondary N) is 2. The number of benzene rings is 1. The standard InChI is InChI=1S/C16H20F2N2O/c17-11-3-4-12(15(18)6-11)13-7-14(13)16(21)20-9-10-2-1-5-19-8-10/h3-4,6,10,13-14,19H,1-2,5,7-9H2,(H,20,21). The molecule has 114 valence electrons. The van der Waals surface area contributed by atoms with E-state index in [1.54, 1.807) is 0 Å². The first-order valence-electron chi connectivity index (χ1n) is 7.58. The van der Waals surface area contributed by atoms with Gasteiger partial charge >= 0.3 is 0 Å². The highest BCUT2D eigenvalue weighted by molar-refractivity contribution is 5.82. The van der Waals surface area contributed by atoms with Crippen molar-refractivity contribution in [1.29, 1.82) is 0 Å². The first kappa shape index (κ1) is 14.4. The summed E-state index contributed by atoms with van der Waals surface area (Å²) in [7, 11) is 0. The second kappa shape index (κ2) is 6.10. The van der Waals surface area contributed by atoms with Crippen molar-refractivity contribution in [1.82, 2.24) is 10.6 Å². The van der Waals surface area contributed by atoms with Crippen LogP contribution in [0.4, 0.5) is 8.78 Å². The van der Waals surface area contributed by atoms with Gasteiger partial charge in [0.05, 0.1) is 0 Å². The minimum absolute atomic E-state index is 0.00528. The zero-order chi connectivity index (χ0) is 14.8. The number of rotatable bonds is 4. The molecule has 0 radical (unpaired) electrons. The maximum absolute atomic E-state index is 13.7. The summed E-state index contributed by atoms with van der Waals surface area (Å²) >= 11 is 0. The molecule has 1 aromatic carbocycles. The van der Waals surface area contributed by atoms with E-state index in [4.69, 9.17) is 0 Å². The summed E-state index contributed by atoms with van der Waals surface area (Å²) in [6.07, 6.45) is 2.93. The highest BCUT2D eigenvalue weighted by Gasteiger charge is 2.45. The Labute approximate surface area is 123 Å². The van der Waals surface area contributed by atoms with E-state index >= 15 is 0 Å². The smallest absolute Gasteiger partial charge is 0.223 e. The average Bonchev–Trinajstić information content (AvgIpc) is 3.26. The third kappa shape index (κ3) is 3.40. The van der Waals surface area contributed by atoms with Crippen LogP contribution in [0.15, 0.2) is 18.2 Å². The molecule has 3 rings (SSSR count). The summed E-state index contributed by atoms with van der Waals surface area (Å²) in [5.74, 6) is -0.914. The summed E-state index contributed by atoms with van der Waals surface area (Å²) in [6.45, 7) is 2.68. The lowest BCUT2D eigenvalue weighted by Gasteiger charge is -2.22. The lowest BCUT2D eigenvalue weighted by atomic mass is 9.99. The molecule has 3 unspecified atom stereocenters. The lowest BCUT2D eigenvalue weighted by molar-refractivity contribution is -0.122. The van der Waals surface area contributed by atoms with Gasteiger partial charge in [-0.05, 0) is 55.8 Å². The zero-order valence-electron chi connectivity index (χ0n) is 11.9. The Hall–Kier alpha value is -1.49. The summed E-state index contributed by atoms with van der Waals surface area (Å²) in [5.41, 5.74) is 0.455. The fourth-order valence-electron chi connectivity index (χ4n) is 3.10. The third-order valence-electron chi connectivity index (χ3n) is 4.45. The Kier molecular flexibility index (Phi) is 4.19. The molecule has 1 aromatic rings. The number of hydrogen-bond donors (Lipinski definition) is 2. The predicted molar refractivity (Wildman–Crippen MR) is 75.8 cm³/mol. The van der Waals surface area contributed by atoms with Gasteiger partial charge in [0.25, 0.3) is 0 Å². The van der Waals surface area contributed by atoms with Gasteiger partial charge in [0, 0.05) is 18.5 Å². The molecule has 0 aromatic heterocycles. The van der Waals surface area contributed by atoms with Crippen LogP contribution in [0.1, 0.15) is 30.7 Å². The molecule has 3 atom stereocenters. The van der Waals surface area contributed by atoms with Crippen LogP contribution >= 0.6 is 0 Å². The Bertz CT molecular complexity index is 529. The van der Waals surface area contributed by atoms with Crippen LogP contribution in [-0.4, -0.2) is 25.5 Å². The number of carbonyl (C=O) groups is 1. The number of hydrogen-bond acceptors (Lipinski definition) is 2. The molecular weight excluding hydrogens is 274 g/mol. The molecule has 1 amide bonds. The topological polar surface area (TPSA) is 41.1 Å². The molecule has 5 heteroatoms. The van der Waals surface area contributed by atoms with Crippen molar-refractivity contribution in [3.8, 4) is 0 Å². The normalized spacial score (nSPS) is 28.2. The van der Waals surface area contributed by atoms with Gasteiger partial charge < -0.3 is 10.6 Å². The Morgan fingerprint density at radius 2 is 2.24 bits per heavy atom. The second-order valence-corrected chi connectivity index (χ2v) is 6.07. The molecule has 21 heavy (non-hydrogen) atoms. The summed E-state index contributed by atoms with van der Waals surface area (Å²) in [5, 5.41) is 6.28. The van der Waals surface area contributed by atoms with Gasteiger partial charge in [-0.2, -0.15) is 0 Å². The van der Waals surface area contributed by atoms with Crippen molar-refractivity contribution in [2.75, 3.05) is 19.6 Å². The van der Waals surface area contributed by atoms with Gasteiger partial charge in [-0.3, -0.25) is 4.79 Å².